The van der Waals surface area contributed by atoms with E-state index >= 15 is 0 Å². The summed E-state index contributed by atoms with van der Waals surface area (Å²) in [6.07, 6.45) is 3.07. The average Bonchev–Trinajstić information content (AvgIpc) is 2.74. The number of methoxy groups -OCH3 is 1. The van der Waals surface area contributed by atoms with Gasteiger partial charge in [-0.2, -0.15) is 0 Å². The van der Waals surface area contributed by atoms with Crippen LogP contribution in [-0.4, -0.2) is 50.6 Å². The van der Waals surface area contributed by atoms with Crippen molar-refractivity contribution in [2.24, 2.45) is 0 Å². The predicted octanol–water partition coefficient (Wildman–Crippen LogP) is 3.19. The van der Waals surface area contributed by atoms with Gasteiger partial charge in [0.25, 0.3) is 0 Å². The van der Waals surface area contributed by atoms with Crippen LogP contribution >= 0.6 is 0 Å². The van der Waals surface area contributed by atoms with Gasteiger partial charge < -0.3 is 24.4 Å². The van der Waals surface area contributed by atoms with Gasteiger partial charge in [0.15, 0.2) is 11.5 Å². The van der Waals surface area contributed by atoms with Crippen LogP contribution in [0.4, 0.5) is 5.69 Å². The molecule has 0 saturated heterocycles. The third kappa shape index (κ3) is 4.92. The van der Waals surface area contributed by atoms with Crippen molar-refractivity contribution < 1.29 is 23.8 Å². The number of likely N-dealkylation sites (N-methyl/N-ethyl adjacent to an activating group) is 1. The van der Waals surface area contributed by atoms with Gasteiger partial charge in [0.2, 0.25) is 17.6 Å². The van der Waals surface area contributed by atoms with Crippen LogP contribution in [-0.2, 0) is 9.59 Å². The maximum absolute atomic E-state index is 12.4. The Labute approximate surface area is 176 Å². The van der Waals surface area contributed by atoms with Gasteiger partial charge >= 0.3 is 0 Å². The average molecular weight is 410 g/mol. The number of benzene rings is 2. The van der Waals surface area contributed by atoms with Crippen molar-refractivity contribution in [3.63, 3.8) is 0 Å². The molecule has 1 heterocycles. The summed E-state index contributed by atoms with van der Waals surface area (Å²) in [5, 5.41) is 2.86. The van der Waals surface area contributed by atoms with E-state index in [1.54, 1.807) is 32.4 Å². The van der Waals surface area contributed by atoms with Crippen molar-refractivity contribution in [2.45, 2.75) is 13.8 Å². The maximum atomic E-state index is 12.4. The summed E-state index contributed by atoms with van der Waals surface area (Å²) < 4.78 is 16.5. The second kappa shape index (κ2) is 9.35. The zero-order chi connectivity index (χ0) is 21.7. The zero-order valence-electron chi connectivity index (χ0n) is 17.7. The first-order valence-electron chi connectivity index (χ1n) is 9.66. The quantitative estimate of drug-likeness (QED) is 0.740. The molecular weight excluding hydrogens is 384 g/mol. The molecule has 2 aromatic rings. The summed E-state index contributed by atoms with van der Waals surface area (Å²) in [5.74, 6) is 1.14. The highest BCUT2D eigenvalue weighted by Crippen LogP contribution is 2.40. The third-order valence-electron chi connectivity index (χ3n) is 4.90. The molecule has 0 radical (unpaired) electrons. The van der Waals surface area contributed by atoms with Crippen LogP contribution in [0.5, 0.6) is 17.2 Å². The number of nitrogens with one attached hydrogen (secondary N) is 1. The van der Waals surface area contributed by atoms with Crippen molar-refractivity contribution in [3.8, 4) is 17.2 Å². The minimum Gasteiger partial charge on any atom is -0.493 e. The van der Waals surface area contributed by atoms with Crippen molar-refractivity contribution in [1.82, 2.24) is 4.90 Å². The SMILES string of the molecule is COc1cc(/C=C/C(=O)N(C)CC(=O)Nc2cccc(C)c2C)cc2c1OCCO2. The number of hydrogen-bond donors (Lipinski definition) is 1. The summed E-state index contributed by atoms with van der Waals surface area (Å²) >= 11 is 0. The Kier molecular flexibility index (Phi) is 6.61. The molecule has 2 aromatic carbocycles. The number of anilines is 1. The Bertz CT molecular complexity index is 967. The molecule has 0 aromatic heterocycles. The number of nitrogens with zero attached hydrogens (tertiary/aromatic N) is 1. The minimum atomic E-state index is -0.292. The van der Waals surface area contributed by atoms with Crippen LogP contribution < -0.4 is 19.5 Å². The van der Waals surface area contributed by atoms with E-state index < -0.39 is 0 Å². The van der Waals surface area contributed by atoms with Crippen molar-refractivity contribution in [3.05, 3.63) is 53.1 Å². The van der Waals surface area contributed by atoms with E-state index in [0.717, 1.165) is 22.4 Å². The number of carbonyl (C=O) groups excluding carboxylic acids is 2. The molecule has 0 bridgehead atoms. The van der Waals surface area contributed by atoms with Gasteiger partial charge in [0.05, 0.1) is 13.7 Å². The fourth-order valence-corrected chi connectivity index (χ4v) is 3.05. The Morgan fingerprint density at radius 3 is 2.73 bits per heavy atom. The molecule has 0 spiro atoms. The first-order valence-corrected chi connectivity index (χ1v) is 9.66. The van der Waals surface area contributed by atoms with Gasteiger partial charge in [0, 0.05) is 18.8 Å². The van der Waals surface area contributed by atoms with Gasteiger partial charge in [-0.05, 0) is 54.8 Å². The van der Waals surface area contributed by atoms with Crippen LogP contribution in [0.2, 0.25) is 0 Å². The Morgan fingerprint density at radius 1 is 1.20 bits per heavy atom. The summed E-state index contributed by atoms with van der Waals surface area (Å²) in [5.41, 5.74) is 3.58. The molecule has 7 heteroatoms. The fraction of sp³-hybridized carbons (Fsp3) is 0.304. The minimum absolute atomic E-state index is 0.0545. The van der Waals surface area contributed by atoms with Crippen molar-refractivity contribution >= 4 is 23.6 Å². The van der Waals surface area contributed by atoms with E-state index in [4.69, 9.17) is 14.2 Å². The van der Waals surface area contributed by atoms with Gasteiger partial charge in [-0.1, -0.05) is 12.1 Å². The maximum Gasteiger partial charge on any atom is 0.246 e. The molecule has 0 fully saturated rings. The van der Waals surface area contributed by atoms with E-state index in [-0.39, 0.29) is 18.4 Å². The number of fused-ring (bicyclic) bond motifs is 1. The molecular formula is C23H26N2O5. The molecule has 0 unspecified atom stereocenters. The number of rotatable bonds is 6. The van der Waals surface area contributed by atoms with E-state index in [2.05, 4.69) is 5.32 Å². The van der Waals surface area contributed by atoms with Gasteiger partial charge in [-0.25, -0.2) is 0 Å². The largest absolute Gasteiger partial charge is 0.493 e. The number of hydrogen-bond acceptors (Lipinski definition) is 5. The van der Waals surface area contributed by atoms with Crippen molar-refractivity contribution in [1.29, 1.82) is 0 Å². The van der Waals surface area contributed by atoms with Crippen molar-refractivity contribution in [2.75, 3.05) is 39.2 Å². The lowest BCUT2D eigenvalue weighted by molar-refractivity contribution is -0.129. The fourth-order valence-electron chi connectivity index (χ4n) is 3.05. The van der Waals surface area contributed by atoms with Gasteiger partial charge in [-0.15, -0.1) is 0 Å². The lowest BCUT2D eigenvalue weighted by atomic mass is 10.1. The molecule has 1 aliphatic heterocycles. The Balaban J connectivity index is 1.63. The summed E-state index contributed by atoms with van der Waals surface area (Å²) in [7, 11) is 3.13. The van der Waals surface area contributed by atoms with Crippen LogP contribution in [0, 0.1) is 13.8 Å². The molecule has 0 saturated carbocycles. The molecule has 0 atom stereocenters. The van der Waals surface area contributed by atoms with Crippen LogP contribution in [0.1, 0.15) is 16.7 Å². The highest BCUT2D eigenvalue weighted by atomic mass is 16.6. The summed E-state index contributed by atoms with van der Waals surface area (Å²) in [6, 6.07) is 9.27. The smallest absolute Gasteiger partial charge is 0.246 e. The molecule has 7 nitrogen and oxygen atoms in total. The van der Waals surface area contributed by atoms with Crippen LogP contribution in [0.15, 0.2) is 36.4 Å². The normalized spacial score (nSPS) is 12.5. The highest BCUT2D eigenvalue weighted by molar-refractivity contribution is 5.98. The Morgan fingerprint density at radius 2 is 1.97 bits per heavy atom. The molecule has 30 heavy (non-hydrogen) atoms. The number of carbonyl (C=O) groups is 2. The van der Waals surface area contributed by atoms with E-state index in [9.17, 15) is 9.59 Å². The topological polar surface area (TPSA) is 77.1 Å². The van der Waals surface area contributed by atoms with Gasteiger partial charge in [-0.3, -0.25) is 9.59 Å². The molecule has 1 N–H and O–H groups in total. The first kappa shape index (κ1) is 21.2. The first-order chi connectivity index (χ1) is 14.4. The van der Waals surface area contributed by atoms with Gasteiger partial charge in [0.1, 0.15) is 13.2 Å². The van der Waals surface area contributed by atoms with E-state index in [1.807, 2.05) is 32.0 Å². The lowest BCUT2D eigenvalue weighted by Crippen LogP contribution is -2.34. The van der Waals surface area contributed by atoms with Crippen LogP contribution in [0.25, 0.3) is 6.08 Å². The zero-order valence-corrected chi connectivity index (χ0v) is 17.7. The molecule has 2 amide bonds. The predicted molar refractivity (Wildman–Crippen MR) is 115 cm³/mol. The highest BCUT2D eigenvalue weighted by Gasteiger charge is 2.18. The van der Waals surface area contributed by atoms with Crippen LogP contribution in [0.3, 0.4) is 0 Å². The Hall–Kier alpha value is -3.48. The second-order valence-corrected chi connectivity index (χ2v) is 7.07. The molecule has 158 valence electrons. The van der Waals surface area contributed by atoms with E-state index in [0.29, 0.717) is 30.5 Å². The summed E-state index contributed by atoms with van der Waals surface area (Å²) in [6.45, 7) is 4.80. The second-order valence-electron chi connectivity index (χ2n) is 7.07. The summed E-state index contributed by atoms with van der Waals surface area (Å²) in [4.78, 5) is 26.1. The standard InChI is InChI=1S/C23H26N2O5/c1-15-6-5-7-18(16(15)2)24-21(26)14-25(3)22(27)9-8-17-12-19(28-4)23-20(13-17)29-10-11-30-23/h5-9,12-13H,10-11,14H2,1-4H3,(H,24,26)/b9-8+. The molecule has 0 aliphatic carbocycles. The number of amides is 2. The third-order valence-corrected chi connectivity index (χ3v) is 4.90. The number of aryl methyl sites for hydroxylation is 1. The number of ether oxygens (including phenoxy) is 3. The lowest BCUT2D eigenvalue weighted by Gasteiger charge is -2.21. The molecule has 1 aliphatic rings. The van der Waals surface area contributed by atoms with E-state index in [1.165, 1.54) is 11.0 Å². The monoisotopic (exact) mass is 410 g/mol. The molecule has 3 rings (SSSR count).